The number of carbonyl (C=O) groups is 2. The lowest BCUT2D eigenvalue weighted by Crippen LogP contribution is -2.45. The van der Waals surface area contributed by atoms with Crippen LogP contribution in [-0.4, -0.2) is 47.7 Å². The number of carbonyl (C=O) groups excluding carboxylic acids is 1. The molecule has 2 atom stereocenters. The van der Waals surface area contributed by atoms with Gasteiger partial charge in [-0.2, -0.15) is 0 Å². The minimum Gasteiger partial charge on any atom is -0.481 e. The van der Waals surface area contributed by atoms with E-state index in [1.807, 2.05) is 12.1 Å². The second-order valence-electron chi connectivity index (χ2n) is 6.64. The highest BCUT2D eigenvalue weighted by molar-refractivity contribution is 6.42. The molecule has 1 saturated carbocycles. The Bertz CT molecular complexity index is 660. The minimum absolute atomic E-state index is 0.0345. The highest BCUT2D eigenvalue weighted by atomic mass is 35.5. The van der Waals surface area contributed by atoms with E-state index in [1.165, 1.54) is 0 Å². The number of ether oxygens (including phenoxy) is 1. The smallest absolute Gasteiger partial charge is 0.305 e. The van der Waals surface area contributed by atoms with Gasteiger partial charge in [0, 0.05) is 31.7 Å². The van der Waals surface area contributed by atoms with Gasteiger partial charge < -0.3 is 14.7 Å². The first kappa shape index (κ1) is 18.5. The molecular formula is C18H21Cl2NO4. The number of amides is 1. The Morgan fingerprint density at radius 3 is 2.56 bits per heavy atom. The summed E-state index contributed by atoms with van der Waals surface area (Å²) < 4.78 is 5.36. The summed E-state index contributed by atoms with van der Waals surface area (Å²) in [5.74, 6) is -0.811. The van der Waals surface area contributed by atoms with E-state index in [0.717, 1.165) is 24.8 Å². The molecule has 1 amide bonds. The van der Waals surface area contributed by atoms with Gasteiger partial charge in [-0.3, -0.25) is 9.59 Å². The molecule has 0 radical (unpaired) electrons. The van der Waals surface area contributed by atoms with E-state index in [2.05, 4.69) is 0 Å². The van der Waals surface area contributed by atoms with Crippen LogP contribution in [0, 0.1) is 5.92 Å². The molecule has 1 N–H and O–H groups in total. The lowest BCUT2D eigenvalue weighted by atomic mass is 10.0. The number of aliphatic carboxylic acids is 1. The molecule has 7 heteroatoms. The molecule has 2 fully saturated rings. The number of hydrogen-bond donors (Lipinski definition) is 1. The Balaban J connectivity index is 1.69. The highest BCUT2D eigenvalue weighted by Crippen LogP contribution is 2.49. The molecule has 0 bridgehead atoms. The van der Waals surface area contributed by atoms with Gasteiger partial charge >= 0.3 is 5.97 Å². The largest absolute Gasteiger partial charge is 0.481 e. The maximum atomic E-state index is 13.0. The number of halogens is 2. The first-order chi connectivity index (χ1) is 12.0. The number of hydrogen-bond acceptors (Lipinski definition) is 3. The molecule has 1 aliphatic heterocycles. The fourth-order valence-corrected chi connectivity index (χ4v) is 3.78. The monoisotopic (exact) mass is 385 g/mol. The van der Waals surface area contributed by atoms with Crippen LogP contribution in [0.25, 0.3) is 0 Å². The molecule has 1 aromatic carbocycles. The van der Waals surface area contributed by atoms with Crippen molar-refractivity contribution in [3.05, 3.63) is 33.8 Å². The second kappa shape index (κ2) is 7.94. The lowest BCUT2D eigenvalue weighted by Gasteiger charge is -2.34. The molecule has 136 valence electrons. The van der Waals surface area contributed by atoms with Crippen LogP contribution in [-0.2, 0) is 14.3 Å². The van der Waals surface area contributed by atoms with Crippen LogP contribution in [0.1, 0.15) is 37.2 Å². The van der Waals surface area contributed by atoms with Gasteiger partial charge in [0.25, 0.3) is 0 Å². The number of benzene rings is 1. The first-order valence-corrected chi connectivity index (χ1v) is 9.28. The van der Waals surface area contributed by atoms with E-state index in [1.54, 1.807) is 11.0 Å². The van der Waals surface area contributed by atoms with Gasteiger partial charge in [-0.1, -0.05) is 29.3 Å². The van der Waals surface area contributed by atoms with Gasteiger partial charge in [0.05, 0.1) is 16.5 Å². The summed E-state index contributed by atoms with van der Waals surface area (Å²) in [7, 11) is 0. The van der Waals surface area contributed by atoms with Crippen LogP contribution in [0.4, 0.5) is 0 Å². The minimum atomic E-state index is -0.887. The summed E-state index contributed by atoms with van der Waals surface area (Å²) in [6.45, 7) is 1.48. The van der Waals surface area contributed by atoms with Crippen LogP contribution in [0.2, 0.25) is 10.0 Å². The Morgan fingerprint density at radius 1 is 1.20 bits per heavy atom. The van der Waals surface area contributed by atoms with Crippen LogP contribution in [0.5, 0.6) is 0 Å². The van der Waals surface area contributed by atoms with Crippen LogP contribution in [0.3, 0.4) is 0 Å². The normalized spacial score (nSPS) is 23.3. The summed E-state index contributed by atoms with van der Waals surface area (Å²) in [4.78, 5) is 25.7. The van der Waals surface area contributed by atoms with Gasteiger partial charge in [-0.05, 0) is 42.9 Å². The summed E-state index contributed by atoms with van der Waals surface area (Å²) in [5, 5.41) is 9.98. The zero-order valence-corrected chi connectivity index (χ0v) is 15.3. The fourth-order valence-electron chi connectivity index (χ4n) is 3.48. The SMILES string of the molecule is O=C(O)CCN(C(=O)[C@H]1C[C@H]1c1ccc(Cl)c(Cl)c1)C1CCOCC1. The van der Waals surface area contributed by atoms with Crippen molar-refractivity contribution in [1.82, 2.24) is 4.90 Å². The van der Waals surface area contributed by atoms with Gasteiger partial charge in [0.2, 0.25) is 5.91 Å². The molecular weight excluding hydrogens is 365 g/mol. The quantitative estimate of drug-likeness (QED) is 0.812. The first-order valence-electron chi connectivity index (χ1n) is 8.52. The van der Waals surface area contributed by atoms with Gasteiger partial charge in [-0.15, -0.1) is 0 Å². The maximum Gasteiger partial charge on any atom is 0.305 e. The lowest BCUT2D eigenvalue weighted by molar-refractivity contribution is -0.141. The molecule has 25 heavy (non-hydrogen) atoms. The van der Waals surface area contributed by atoms with E-state index >= 15 is 0 Å². The van der Waals surface area contributed by atoms with Crippen molar-refractivity contribution in [2.75, 3.05) is 19.8 Å². The molecule has 2 aliphatic rings. The predicted molar refractivity (Wildman–Crippen MR) is 95.1 cm³/mol. The van der Waals surface area contributed by atoms with Crippen molar-refractivity contribution < 1.29 is 19.4 Å². The van der Waals surface area contributed by atoms with E-state index in [9.17, 15) is 9.59 Å². The van der Waals surface area contributed by atoms with Crippen molar-refractivity contribution in [1.29, 1.82) is 0 Å². The van der Waals surface area contributed by atoms with Gasteiger partial charge in [0.15, 0.2) is 0 Å². The number of rotatable bonds is 6. The molecule has 3 rings (SSSR count). The number of carboxylic acid groups (broad SMARTS) is 1. The molecule has 0 unspecified atom stereocenters. The summed E-state index contributed by atoms with van der Waals surface area (Å²) in [6, 6.07) is 5.54. The van der Waals surface area contributed by atoms with E-state index in [0.29, 0.717) is 23.3 Å². The summed E-state index contributed by atoms with van der Waals surface area (Å²) >= 11 is 12.0. The van der Waals surface area contributed by atoms with Crippen molar-refractivity contribution in [2.24, 2.45) is 5.92 Å². The fraction of sp³-hybridized carbons (Fsp3) is 0.556. The number of nitrogens with zero attached hydrogens (tertiary/aromatic N) is 1. The molecule has 1 heterocycles. The van der Waals surface area contributed by atoms with Crippen LogP contribution in [0.15, 0.2) is 18.2 Å². The summed E-state index contributed by atoms with van der Waals surface area (Å²) in [5.41, 5.74) is 1.01. The molecule has 0 aromatic heterocycles. The van der Waals surface area contributed by atoms with Crippen molar-refractivity contribution in [3.8, 4) is 0 Å². The Labute approximate surface area is 156 Å². The molecule has 1 aliphatic carbocycles. The highest BCUT2D eigenvalue weighted by Gasteiger charge is 2.47. The van der Waals surface area contributed by atoms with Crippen molar-refractivity contribution in [2.45, 2.75) is 37.6 Å². The molecule has 1 saturated heterocycles. The Hall–Kier alpha value is -1.30. The second-order valence-corrected chi connectivity index (χ2v) is 7.46. The predicted octanol–water partition coefficient (Wildman–Crippen LogP) is 3.58. The third-order valence-corrected chi connectivity index (χ3v) is 5.70. The Kier molecular flexibility index (Phi) is 5.87. The maximum absolute atomic E-state index is 13.0. The third-order valence-electron chi connectivity index (χ3n) is 4.96. The zero-order chi connectivity index (χ0) is 18.0. The van der Waals surface area contributed by atoms with Crippen LogP contribution >= 0.6 is 23.2 Å². The average Bonchev–Trinajstić information content (AvgIpc) is 3.39. The van der Waals surface area contributed by atoms with Gasteiger partial charge in [-0.25, -0.2) is 0 Å². The van der Waals surface area contributed by atoms with E-state index < -0.39 is 5.97 Å². The Morgan fingerprint density at radius 2 is 1.92 bits per heavy atom. The van der Waals surface area contributed by atoms with Crippen molar-refractivity contribution in [3.63, 3.8) is 0 Å². The molecule has 0 spiro atoms. The molecule has 5 nitrogen and oxygen atoms in total. The van der Waals surface area contributed by atoms with E-state index in [4.69, 9.17) is 33.0 Å². The molecule has 1 aromatic rings. The zero-order valence-electron chi connectivity index (χ0n) is 13.8. The van der Waals surface area contributed by atoms with Gasteiger partial charge in [0.1, 0.15) is 0 Å². The average molecular weight is 386 g/mol. The third kappa shape index (κ3) is 4.46. The number of carboxylic acids is 1. The summed E-state index contributed by atoms with van der Waals surface area (Å²) in [6.07, 6.45) is 2.25. The van der Waals surface area contributed by atoms with E-state index in [-0.39, 0.29) is 36.8 Å². The van der Waals surface area contributed by atoms with Crippen LogP contribution < -0.4 is 0 Å². The van der Waals surface area contributed by atoms with Crippen molar-refractivity contribution >= 4 is 35.1 Å². The topological polar surface area (TPSA) is 66.8 Å². The standard InChI is InChI=1S/C18H21Cl2NO4/c19-15-2-1-11(9-16(15)20)13-10-14(13)18(24)21(6-3-17(22)23)12-4-7-25-8-5-12/h1-2,9,12-14H,3-8,10H2,(H,22,23)/t13-,14-/m0/s1.